The average molecular weight is 337 g/mol. The molecule has 88 valence electrons. The first-order valence-corrected chi connectivity index (χ1v) is 4.51. The van der Waals surface area contributed by atoms with Crippen LogP contribution in [0.3, 0.4) is 0 Å². The first-order chi connectivity index (χ1) is 5.26. The molecule has 1 rings (SSSR count). The molecule has 0 saturated carbocycles. The van der Waals surface area contributed by atoms with Gasteiger partial charge in [-0.25, -0.2) is 5.21 Å². The lowest BCUT2D eigenvalue weighted by Crippen LogP contribution is -3.25. The molecule has 0 aromatic rings. The molecule has 0 aliphatic carbocycles. The van der Waals surface area contributed by atoms with Gasteiger partial charge < -0.3 is 41.5 Å². The molecule has 3 N–H and O–H groups in total. The van der Waals surface area contributed by atoms with Crippen LogP contribution in [0.2, 0.25) is 0 Å². The lowest BCUT2D eigenvalue weighted by molar-refractivity contribution is -1.16. The fourth-order valence-electron chi connectivity index (χ4n) is 2.36. The van der Waals surface area contributed by atoms with Crippen molar-refractivity contribution in [3.63, 3.8) is 0 Å². The maximum Gasteiger partial charge on any atom is 0.124 e. The predicted molar refractivity (Wildman–Crippen MR) is 46.1 cm³/mol. The van der Waals surface area contributed by atoms with Gasteiger partial charge in [-0.2, -0.15) is 5.06 Å². The van der Waals surface area contributed by atoms with E-state index in [0.29, 0.717) is 17.9 Å². The molecule has 0 radical (unpaired) electrons. The normalized spacial score (nSPS) is 33.9. The van der Waals surface area contributed by atoms with Crippen LogP contribution in [0, 0.1) is 0 Å². The average Bonchev–Trinajstić information content (AvgIpc) is 1.80. The van der Waals surface area contributed by atoms with E-state index in [1.54, 1.807) is 0 Å². The van der Waals surface area contributed by atoms with Gasteiger partial charge in [-0.3, -0.25) is 0 Å². The quantitative estimate of drug-likeness (QED) is 0.386. The number of hydroxylamine groups is 2. The summed E-state index contributed by atoms with van der Waals surface area (Å²) in [5.74, 6) is 0. The second-order valence-electron chi connectivity index (χ2n) is 5.18. The van der Waals surface area contributed by atoms with Crippen LogP contribution in [0.15, 0.2) is 0 Å². The van der Waals surface area contributed by atoms with Crippen molar-refractivity contribution in [2.24, 2.45) is 0 Å². The number of quaternary nitrogens is 1. The highest BCUT2D eigenvalue weighted by atomic mass is 127. The van der Waals surface area contributed by atoms with E-state index in [1.165, 1.54) is 0 Å². The maximum absolute atomic E-state index is 9.89. The first-order valence-electron chi connectivity index (χ1n) is 4.51. The summed E-state index contributed by atoms with van der Waals surface area (Å²) in [7, 11) is 0. The molecular weight excluding hydrogens is 316 g/mol. The fraction of sp³-hybridized carbons (Fsp3) is 1.00. The summed E-state index contributed by atoms with van der Waals surface area (Å²) in [6, 6.07) is 0. The number of aliphatic hydroxyl groups is 1. The van der Waals surface area contributed by atoms with Crippen LogP contribution in [0.5, 0.6) is 0 Å². The van der Waals surface area contributed by atoms with Crippen molar-refractivity contribution in [3.8, 4) is 0 Å². The summed E-state index contributed by atoms with van der Waals surface area (Å²) in [6.07, 6.45) is 1.07. The van der Waals surface area contributed by atoms with Crippen molar-refractivity contribution in [2.75, 3.05) is 0 Å². The van der Waals surface area contributed by atoms with Crippen LogP contribution in [-0.4, -0.2) is 27.5 Å². The smallest absolute Gasteiger partial charge is 0.124 e. The summed E-state index contributed by atoms with van der Waals surface area (Å²) >= 11 is 0. The Bertz CT molecular complexity index is 170. The third-order valence-electron chi connectivity index (χ3n) is 2.77. The Morgan fingerprint density at radius 2 is 1.36 bits per heavy atom. The molecule has 0 spiro atoms. The SMILES string of the molecule is CC1(C)CC(O)CC(C)(C)[NH+]1O.[Cl-].[I-]. The maximum atomic E-state index is 9.89. The van der Waals surface area contributed by atoms with Crippen molar-refractivity contribution in [3.05, 3.63) is 0 Å². The van der Waals surface area contributed by atoms with Gasteiger partial charge in [0, 0.05) is 12.8 Å². The number of rotatable bonds is 0. The second-order valence-corrected chi connectivity index (χ2v) is 5.18. The fourth-order valence-corrected chi connectivity index (χ4v) is 2.36. The van der Waals surface area contributed by atoms with Gasteiger partial charge >= 0.3 is 0 Å². The Morgan fingerprint density at radius 1 is 1.07 bits per heavy atom. The van der Waals surface area contributed by atoms with Crippen molar-refractivity contribution in [1.82, 2.24) is 0 Å². The molecular formula is C9H20ClINO2-. The van der Waals surface area contributed by atoms with Gasteiger partial charge in [-0.05, 0) is 27.7 Å². The van der Waals surface area contributed by atoms with Gasteiger partial charge in [0.2, 0.25) is 0 Å². The Kier molecular flexibility index (Phi) is 6.54. The summed E-state index contributed by atoms with van der Waals surface area (Å²) in [4.78, 5) is 0. The van der Waals surface area contributed by atoms with E-state index < -0.39 is 0 Å². The molecule has 1 aliphatic rings. The number of hydrogen-bond donors (Lipinski definition) is 3. The molecule has 0 amide bonds. The third-order valence-corrected chi connectivity index (χ3v) is 2.77. The zero-order valence-electron chi connectivity index (χ0n) is 9.14. The largest absolute Gasteiger partial charge is 1.00 e. The lowest BCUT2D eigenvalue weighted by Gasteiger charge is -2.45. The minimum absolute atomic E-state index is 0. The predicted octanol–water partition coefficient (Wildman–Crippen LogP) is -6.02. The molecule has 0 atom stereocenters. The highest BCUT2D eigenvalue weighted by molar-refractivity contribution is 4.84. The molecule has 1 saturated heterocycles. The number of nitrogens with one attached hydrogen (secondary N) is 1. The summed E-state index contributed by atoms with van der Waals surface area (Å²) in [5, 5.41) is 20.0. The lowest BCUT2D eigenvalue weighted by atomic mass is 9.80. The van der Waals surface area contributed by atoms with Gasteiger partial charge in [-0.15, -0.1) is 0 Å². The van der Waals surface area contributed by atoms with Crippen LogP contribution < -0.4 is 41.4 Å². The zero-order chi connectivity index (χ0) is 9.57. The van der Waals surface area contributed by atoms with Gasteiger partial charge in [0.1, 0.15) is 11.1 Å². The standard InChI is InChI=1S/C9H19NO2.ClH.HI/c1-8(2)5-7(11)6-9(3,4)10(8)12;;/h7,11-12H,5-6H2,1-4H3;2*1H/p-1. The molecule has 0 unspecified atom stereocenters. The van der Waals surface area contributed by atoms with Gasteiger partial charge in [-0.1, -0.05) is 0 Å². The van der Waals surface area contributed by atoms with E-state index in [0.717, 1.165) is 0 Å². The van der Waals surface area contributed by atoms with Crippen LogP contribution in [0.1, 0.15) is 40.5 Å². The summed E-state index contributed by atoms with van der Waals surface area (Å²) in [5.41, 5.74) is -0.470. The van der Waals surface area contributed by atoms with Crippen molar-refractivity contribution in [1.29, 1.82) is 0 Å². The van der Waals surface area contributed by atoms with Crippen molar-refractivity contribution in [2.45, 2.75) is 57.7 Å². The highest BCUT2D eigenvalue weighted by Gasteiger charge is 2.48. The van der Waals surface area contributed by atoms with Crippen molar-refractivity contribution < 1.29 is 51.8 Å². The zero-order valence-corrected chi connectivity index (χ0v) is 12.1. The van der Waals surface area contributed by atoms with E-state index in [-0.39, 0.29) is 53.6 Å². The van der Waals surface area contributed by atoms with E-state index in [1.807, 2.05) is 27.7 Å². The number of aliphatic hydroxyl groups excluding tert-OH is 1. The Labute approximate surface area is 109 Å². The first kappa shape index (κ1) is 17.3. The van der Waals surface area contributed by atoms with Gasteiger partial charge in [0.05, 0.1) is 6.10 Å². The third kappa shape index (κ3) is 3.48. The molecule has 1 aliphatic heterocycles. The highest BCUT2D eigenvalue weighted by Crippen LogP contribution is 2.22. The van der Waals surface area contributed by atoms with E-state index in [2.05, 4.69) is 0 Å². The molecule has 5 heteroatoms. The van der Waals surface area contributed by atoms with E-state index >= 15 is 0 Å². The van der Waals surface area contributed by atoms with E-state index in [9.17, 15) is 10.3 Å². The Hall–Kier alpha value is 0.900. The topological polar surface area (TPSA) is 44.9 Å². The molecule has 1 heterocycles. The number of hydrogen-bond acceptors (Lipinski definition) is 2. The minimum Gasteiger partial charge on any atom is -1.00 e. The molecule has 0 bridgehead atoms. The summed E-state index contributed by atoms with van der Waals surface area (Å²) in [6.45, 7) is 7.91. The molecule has 1 fully saturated rings. The Balaban J connectivity index is 0. The Morgan fingerprint density at radius 3 is 1.64 bits per heavy atom. The van der Waals surface area contributed by atoms with Crippen LogP contribution in [0.25, 0.3) is 0 Å². The van der Waals surface area contributed by atoms with Gasteiger partial charge in [0.15, 0.2) is 0 Å². The molecule has 0 aromatic carbocycles. The van der Waals surface area contributed by atoms with Crippen LogP contribution in [0.4, 0.5) is 0 Å². The number of halogens is 2. The molecule has 0 aromatic heterocycles. The van der Waals surface area contributed by atoms with Crippen LogP contribution in [-0.2, 0) is 0 Å². The molecule has 14 heavy (non-hydrogen) atoms. The van der Waals surface area contributed by atoms with E-state index in [4.69, 9.17) is 0 Å². The van der Waals surface area contributed by atoms with Crippen molar-refractivity contribution >= 4 is 0 Å². The summed E-state index contributed by atoms with van der Waals surface area (Å²) < 4.78 is 0. The van der Waals surface area contributed by atoms with Gasteiger partial charge in [0.25, 0.3) is 0 Å². The van der Waals surface area contributed by atoms with Crippen LogP contribution >= 0.6 is 0 Å². The monoisotopic (exact) mass is 336 g/mol. The second kappa shape index (κ2) is 5.30. The molecule has 3 nitrogen and oxygen atoms in total. The minimum atomic E-state index is -0.272. The number of piperidine rings is 1.